The number of carbonyl (C=O) groups is 2. The van der Waals surface area contributed by atoms with E-state index in [1.807, 2.05) is 81.4 Å². The SMILES string of the molecule is CCc1nc2ccccc2c(C(=O)OCC(=O)N(C)Cc2ccc(N(C)C)cc2)c1C. The number of hydrogen-bond acceptors (Lipinski definition) is 5. The molecule has 1 amide bonds. The fourth-order valence-corrected chi connectivity index (χ4v) is 3.54. The van der Waals surface area contributed by atoms with Crippen molar-refractivity contribution in [3.05, 3.63) is 70.9 Å². The third-order valence-corrected chi connectivity index (χ3v) is 5.40. The van der Waals surface area contributed by atoms with Gasteiger partial charge >= 0.3 is 5.97 Å². The minimum absolute atomic E-state index is 0.253. The van der Waals surface area contributed by atoms with E-state index in [-0.39, 0.29) is 12.5 Å². The minimum atomic E-state index is -0.497. The van der Waals surface area contributed by atoms with Gasteiger partial charge in [-0.3, -0.25) is 9.78 Å². The van der Waals surface area contributed by atoms with Crippen molar-refractivity contribution in [3.63, 3.8) is 0 Å². The van der Waals surface area contributed by atoms with Crippen LogP contribution in [0, 0.1) is 6.92 Å². The van der Waals surface area contributed by atoms with Crippen LogP contribution < -0.4 is 4.90 Å². The van der Waals surface area contributed by atoms with E-state index in [0.29, 0.717) is 18.5 Å². The van der Waals surface area contributed by atoms with E-state index >= 15 is 0 Å². The molecule has 0 fully saturated rings. The van der Waals surface area contributed by atoms with Gasteiger partial charge in [-0.2, -0.15) is 0 Å². The molecule has 3 rings (SSSR count). The second-order valence-corrected chi connectivity index (χ2v) is 7.82. The predicted molar refractivity (Wildman–Crippen MR) is 123 cm³/mol. The second kappa shape index (κ2) is 9.60. The van der Waals surface area contributed by atoms with Crippen LogP contribution in [0.3, 0.4) is 0 Å². The quantitative estimate of drug-likeness (QED) is 0.542. The van der Waals surface area contributed by atoms with Crippen molar-refractivity contribution in [2.45, 2.75) is 26.8 Å². The molecule has 0 spiro atoms. The number of aryl methyl sites for hydroxylation is 1. The lowest BCUT2D eigenvalue weighted by atomic mass is 10.0. The molecule has 162 valence electrons. The summed E-state index contributed by atoms with van der Waals surface area (Å²) in [5, 5.41) is 0.740. The van der Waals surface area contributed by atoms with Crippen molar-refractivity contribution in [1.82, 2.24) is 9.88 Å². The smallest absolute Gasteiger partial charge is 0.339 e. The molecule has 0 unspecified atom stereocenters. The summed E-state index contributed by atoms with van der Waals surface area (Å²) >= 11 is 0. The van der Waals surface area contributed by atoms with Crippen LogP contribution in [0.2, 0.25) is 0 Å². The Hall–Kier alpha value is -3.41. The molecule has 0 bridgehead atoms. The Labute approximate surface area is 183 Å². The monoisotopic (exact) mass is 419 g/mol. The highest BCUT2D eigenvalue weighted by Crippen LogP contribution is 2.24. The molecule has 0 atom stereocenters. The average molecular weight is 420 g/mol. The first kappa shape index (κ1) is 22.3. The molecule has 0 saturated heterocycles. The van der Waals surface area contributed by atoms with Gasteiger partial charge in [0.05, 0.1) is 11.1 Å². The molecule has 0 N–H and O–H groups in total. The predicted octanol–water partition coefficient (Wildman–Crippen LogP) is 3.99. The lowest BCUT2D eigenvalue weighted by molar-refractivity contribution is -0.133. The number of esters is 1. The number of hydrogen-bond donors (Lipinski definition) is 0. The number of rotatable bonds is 7. The molecular weight excluding hydrogens is 390 g/mol. The summed E-state index contributed by atoms with van der Waals surface area (Å²) in [4.78, 5) is 33.7. The van der Waals surface area contributed by atoms with Crippen molar-refractivity contribution < 1.29 is 14.3 Å². The zero-order valence-corrected chi connectivity index (χ0v) is 18.8. The molecule has 6 nitrogen and oxygen atoms in total. The summed E-state index contributed by atoms with van der Waals surface area (Å²) in [6.07, 6.45) is 0.714. The average Bonchev–Trinajstić information content (AvgIpc) is 2.77. The van der Waals surface area contributed by atoms with Gasteiger partial charge in [-0.25, -0.2) is 4.79 Å². The zero-order chi connectivity index (χ0) is 22.5. The normalized spacial score (nSPS) is 10.7. The van der Waals surface area contributed by atoms with E-state index in [4.69, 9.17) is 4.74 Å². The van der Waals surface area contributed by atoms with Crippen LogP contribution in [-0.2, 0) is 22.5 Å². The molecule has 0 aliphatic heterocycles. The number of anilines is 1. The summed E-state index contributed by atoms with van der Waals surface area (Å²) < 4.78 is 5.42. The molecule has 0 aliphatic carbocycles. The van der Waals surface area contributed by atoms with Crippen LogP contribution in [0.1, 0.15) is 34.1 Å². The van der Waals surface area contributed by atoms with Crippen molar-refractivity contribution in [3.8, 4) is 0 Å². The number of aromatic nitrogens is 1. The first-order valence-electron chi connectivity index (χ1n) is 10.4. The first-order valence-corrected chi connectivity index (χ1v) is 10.4. The molecule has 2 aromatic carbocycles. The van der Waals surface area contributed by atoms with E-state index in [1.54, 1.807) is 11.9 Å². The molecule has 1 aromatic heterocycles. The minimum Gasteiger partial charge on any atom is -0.452 e. The first-order chi connectivity index (χ1) is 14.8. The van der Waals surface area contributed by atoms with Gasteiger partial charge in [0, 0.05) is 44.5 Å². The highest BCUT2D eigenvalue weighted by molar-refractivity contribution is 6.05. The molecule has 0 saturated carbocycles. The largest absolute Gasteiger partial charge is 0.452 e. The number of ether oxygens (including phenoxy) is 1. The Morgan fingerprint density at radius 2 is 1.68 bits per heavy atom. The molecular formula is C25H29N3O3. The van der Waals surface area contributed by atoms with Gasteiger partial charge in [0.1, 0.15) is 0 Å². The van der Waals surface area contributed by atoms with Gasteiger partial charge < -0.3 is 14.5 Å². The van der Waals surface area contributed by atoms with Crippen molar-refractivity contribution in [1.29, 1.82) is 0 Å². The van der Waals surface area contributed by atoms with Crippen LogP contribution in [0.4, 0.5) is 5.69 Å². The summed E-state index contributed by atoms with van der Waals surface area (Å²) in [5.74, 6) is -0.750. The number of amides is 1. The molecule has 3 aromatic rings. The number of nitrogens with zero attached hydrogens (tertiary/aromatic N) is 3. The lowest BCUT2D eigenvalue weighted by Gasteiger charge is -2.19. The van der Waals surface area contributed by atoms with Gasteiger partial charge in [0.25, 0.3) is 5.91 Å². The number of carbonyl (C=O) groups excluding carboxylic acids is 2. The summed E-state index contributed by atoms with van der Waals surface area (Å²) in [6, 6.07) is 15.5. The van der Waals surface area contributed by atoms with Crippen LogP contribution >= 0.6 is 0 Å². The summed E-state index contributed by atoms with van der Waals surface area (Å²) in [7, 11) is 5.67. The van der Waals surface area contributed by atoms with Gasteiger partial charge in [-0.1, -0.05) is 37.3 Å². The number of fused-ring (bicyclic) bond motifs is 1. The van der Waals surface area contributed by atoms with Crippen molar-refractivity contribution in [2.75, 3.05) is 32.6 Å². The third kappa shape index (κ3) is 5.02. The second-order valence-electron chi connectivity index (χ2n) is 7.82. The highest BCUT2D eigenvalue weighted by atomic mass is 16.5. The molecule has 0 aliphatic rings. The van der Waals surface area contributed by atoms with Gasteiger partial charge in [0.15, 0.2) is 6.61 Å². The van der Waals surface area contributed by atoms with E-state index in [0.717, 1.165) is 33.4 Å². The number of pyridine rings is 1. The molecule has 31 heavy (non-hydrogen) atoms. The maximum atomic E-state index is 12.9. The Morgan fingerprint density at radius 3 is 2.32 bits per heavy atom. The zero-order valence-electron chi connectivity index (χ0n) is 18.8. The van der Waals surface area contributed by atoms with Gasteiger partial charge in [-0.15, -0.1) is 0 Å². The maximum Gasteiger partial charge on any atom is 0.339 e. The van der Waals surface area contributed by atoms with E-state index < -0.39 is 5.97 Å². The lowest BCUT2D eigenvalue weighted by Crippen LogP contribution is -2.31. The topological polar surface area (TPSA) is 62.7 Å². The highest BCUT2D eigenvalue weighted by Gasteiger charge is 2.20. The molecule has 6 heteroatoms. The Kier molecular flexibility index (Phi) is 6.90. The summed E-state index contributed by atoms with van der Waals surface area (Å²) in [5.41, 5.74) is 5.00. The van der Waals surface area contributed by atoms with Crippen LogP contribution in [0.25, 0.3) is 10.9 Å². The van der Waals surface area contributed by atoms with Gasteiger partial charge in [-0.05, 0) is 42.7 Å². The number of likely N-dealkylation sites (N-methyl/N-ethyl adjacent to an activating group) is 1. The Morgan fingerprint density at radius 1 is 1.00 bits per heavy atom. The van der Waals surface area contributed by atoms with E-state index in [9.17, 15) is 9.59 Å². The maximum absolute atomic E-state index is 12.9. The Balaban J connectivity index is 1.69. The third-order valence-electron chi connectivity index (χ3n) is 5.40. The standard InChI is InChI=1S/C25H29N3O3/c1-6-21-17(2)24(20-9-7-8-10-22(20)26-21)25(30)31-16-23(29)28(5)15-18-11-13-19(14-12-18)27(3)4/h7-14H,6,15-16H2,1-5H3. The molecule has 1 heterocycles. The van der Waals surface area contributed by atoms with Gasteiger partial charge in [0.2, 0.25) is 0 Å². The molecule has 0 radical (unpaired) electrons. The van der Waals surface area contributed by atoms with Crippen LogP contribution in [-0.4, -0.2) is 49.5 Å². The van der Waals surface area contributed by atoms with E-state index in [1.165, 1.54) is 0 Å². The fraction of sp³-hybridized carbons (Fsp3) is 0.320. The summed E-state index contributed by atoms with van der Waals surface area (Å²) in [6.45, 7) is 4.02. The Bertz CT molecular complexity index is 1090. The number of benzene rings is 2. The van der Waals surface area contributed by atoms with Crippen LogP contribution in [0.5, 0.6) is 0 Å². The van der Waals surface area contributed by atoms with E-state index in [2.05, 4.69) is 4.98 Å². The van der Waals surface area contributed by atoms with Crippen molar-refractivity contribution >= 4 is 28.5 Å². The fourth-order valence-electron chi connectivity index (χ4n) is 3.54. The number of para-hydroxylation sites is 1. The van der Waals surface area contributed by atoms with Crippen molar-refractivity contribution in [2.24, 2.45) is 0 Å². The van der Waals surface area contributed by atoms with Crippen LogP contribution in [0.15, 0.2) is 48.5 Å².